The summed E-state index contributed by atoms with van der Waals surface area (Å²) in [6.07, 6.45) is 4.80. The summed E-state index contributed by atoms with van der Waals surface area (Å²) in [7, 11) is 0. The van der Waals surface area contributed by atoms with E-state index in [0.717, 1.165) is 25.8 Å². The average Bonchev–Trinajstić information content (AvgIpc) is 2.94. The van der Waals surface area contributed by atoms with Crippen LogP contribution in [0.25, 0.3) is 0 Å². The molecule has 1 aromatic heterocycles. The van der Waals surface area contributed by atoms with E-state index < -0.39 is 0 Å². The Bertz CT molecular complexity index is 540. The number of amides is 2. The monoisotopic (exact) mass is 321 g/mol. The molecule has 7 heteroatoms. The maximum absolute atomic E-state index is 12.5. The van der Waals surface area contributed by atoms with E-state index in [2.05, 4.69) is 34.5 Å². The van der Waals surface area contributed by atoms with E-state index in [0.29, 0.717) is 18.4 Å². The average molecular weight is 321 g/mol. The Morgan fingerprint density at radius 3 is 2.87 bits per heavy atom. The van der Waals surface area contributed by atoms with Gasteiger partial charge in [-0.25, -0.2) is 0 Å². The van der Waals surface area contributed by atoms with Crippen LogP contribution in [0, 0.1) is 0 Å². The number of piperidine rings is 1. The summed E-state index contributed by atoms with van der Waals surface area (Å²) in [4.78, 5) is 26.3. The summed E-state index contributed by atoms with van der Waals surface area (Å²) >= 11 is 0. The lowest BCUT2D eigenvalue weighted by molar-refractivity contribution is -0.123. The van der Waals surface area contributed by atoms with Crippen molar-refractivity contribution in [3.8, 4) is 0 Å². The van der Waals surface area contributed by atoms with Crippen LogP contribution in [-0.2, 0) is 16.1 Å². The summed E-state index contributed by atoms with van der Waals surface area (Å²) in [6.45, 7) is 7.82. The minimum Gasteiger partial charge on any atom is -0.355 e. The lowest BCUT2D eigenvalue weighted by atomic mass is 10.00. The van der Waals surface area contributed by atoms with Gasteiger partial charge in [-0.05, 0) is 40.2 Å². The molecule has 1 aliphatic heterocycles. The Labute approximate surface area is 137 Å². The number of anilines is 1. The second kappa shape index (κ2) is 8.10. The van der Waals surface area contributed by atoms with Gasteiger partial charge in [0.2, 0.25) is 11.8 Å². The van der Waals surface area contributed by atoms with Gasteiger partial charge in [0.05, 0.1) is 6.04 Å². The fourth-order valence-corrected chi connectivity index (χ4v) is 2.98. The second-order valence-electron chi connectivity index (χ2n) is 6.18. The molecule has 128 valence electrons. The van der Waals surface area contributed by atoms with Crippen LogP contribution in [0.3, 0.4) is 0 Å². The Balaban J connectivity index is 1.94. The van der Waals surface area contributed by atoms with Crippen molar-refractivity contribution in [3.63, 3.8) is 0 Å². The van der Waals surface area contributed by atoms with Crippen LogP contribution >= 0.6 is 0 Å². The van der Waals surface area contributed by atoms with Gasteiger partial charge in [0, 0.05) is 24.8 Å². The summed E-state index contributed by atoms with van der Waals surface area (Å²) in [6, 6.07) is 1.97. The summed E-state index contributed by atoms with van der Waals surface area (Å²) in [5.41, 5.74) is 0. The third-order valence-electron chi connectivity index (χ3n) is 4.08. The number of carbonyl (C=O) groups is 2. The summed E-state index contributed by atoms with van der Waals surface area (Å²) < 4.78 is 1.53. The van der Waals surface area contributed by atoms with Crippen molar-refractivity contribution in [1.29, 1.82) is 0 Å². The van der Waals surface area contributed by atoms with Gasteiger partial charge in [0.15, 0.2) is 5.82 Å². The number of likely N-dealkylation sites (N-methyl/N-ethyl adjacent to an activating group) is 1. The van der Waals surface area contributed by atoms with Crippen molar-refractivity contribution in [1.82, 2.24) is 20.0 Å². The van der Waals surface area contributed by atoms with E-state index in [9.17, 15) is 9.59 Å². The maximum atomic E-state index is 12.5. The highest BCUT2D eigenvalue weighted by molar-refractivity contribution is 5.94. The predicted molar refractivity (Wildman–Crippen MR) is 89.0 cm³/mol. The van der Waals surface area contributed by atoms with Crippen LogP contribution in [0.2, 0.25) is 0 Å². The molecule has 23 heavy (non-hydrogen) atoms. The molecule has 7 nitrogen and oxygen atoms in total. The third-order valence-corrected chi connectivity index (χ3v) is 4.08. The van der Waals surface area contributed by atoms with Crippen molar-refractivity contribution in [2.45, 2.75) is 58.7 Å². The zero-order chi connectivity index (χ0) is 16.8. The molecule has 1 aliphatic rings. The molecule has 0 aromatic carbocycles. The van der Waals surface area contributed by atoms with Crippen molar-refractivity contribution in [2.75, 3.05) is 18.4 Å². The molecule has 0 saturated carbocycles. The summed E-state index contributed by atoms with van der Waals surface area (Å²) in [5, 5.41) is 9.84. The normalized spacial score (nSPS) is 18.9. The minimum atomic E-state index is -0.0997. The molecule has 1 unspecified atom stereocenters. The van der Waals surface area contributed by atoms with Crippen LogP contribution in [0.15, 0.2) is 12.3 Å². The number of nitrogens with one attached hydrogen (secondary N) is 2. The highest BCUT2D eigenvalue weighted by Crippen LogP contribution is 2.20. The predicted octanol–water partition coefficient (Wildman–Crippen LogP) is 1.22. The van der Waals surface area contributed by atoms with E-state index >= 15 is 0 Å². The first kappa shape index (κ1) is 17.5. The quantitative estimate of drug-likeness (QED) is 0.826. The van der Waals surface area contributed by atoms with E-state index in [1.807, 2.05) is 6.92 Å². The van der Waals surface area contributed by atoms with Gasteiger partial charge in [-0.3, -0.25) is 19.2 Å². The number of rotatable bonds is 6. The lowest BCUT2D eigenvalue weighted by Gasteiger charge is -2.37. The molecule has 2 amide bonds. The lowest BCUT2D eigenvalue weighted by Crippen LogP contribution is -2.50. The molecule has 0 radical (unpaired) electrons. The largest absolute Gasteiger partial charge is 0.355 e. The maximum Gasteiger partial charge on any atom is 0.242 e. The Hall–Kier alpha value is -1.89. The molecule has 0 aliphatic carbocycles. The number of carbonyl (C=O) groups excluding carboxylic acids is 2. The first-order valence-electron chi connectivity index (χ1n) is 8.38. The van der Waals surface area contributed by atoms with Gasteiger partial charge in [-0.15, -0.1) is 0 Å². The van der Waals surface area contributed by atoms with Gasteiger partial charge < -0.3 is 10.6 Å². The smallest absolute Gasteiger partial charge is 0.242 e. The second-order valence-corrected chi connectivity index (χ2v) is 6.18. The minimum absolute atomic E-state index is 0.0124. The van der Waals surface area contributed by atoms with Gasteiger partial charge >= 0.3 is 0 Å². The van der Waals surface area contributed by atoms with Crippen molar-refractivity contribution in [2.24, 2.45) is 0 Å². The van der Waals surface area contributed by atoms with Crippen LogP contribution in [0.1, 0.15) is 40.0 Å². The molecule has 0 bridgehead atoms. The van der Waals surface area contributed by atoms with Gasteiger partial charge in [-0.2, -0.15) is 5.10 Å². The number of aromatic nitrogens is 2. The third kappa shape index (κ3) is 4.79. The number of likely N-dealkylation sites (tertiary alicyclic amines) is 1. The SMILES string of the molecule is CCNC(=O)Cn1ccc(NC(=O)C2CCCCN2C(C)C)n1. The molecule has 2 heterocycles. The van der Waals surface area contributed by atoms with E-state index in [-0.39, 0.29) is 24.4 Å². The van der Waals surface area contributed by atoms with Crippen LogP contribution in [-0.4, -0.2) is 51.7 Å². The topological polar surface area (TPSA) is 79.3 Å². The fraction of sp³-hybridized carbons (Fsp3) is 0.688. The standard InChI is InChI=1S/C16H27N5O2/c1-4-17-15(22)11-20-10-8-14(19-20)18-16(23)13-7-5-6-9-21(13)12(2)3/h8,10,12-13H,4-7,9,11H2,1-3H3,(H,17,22)(H,18,19,23). The molecule has 1 aromatic rings. The Kier molecular flexibility index (Phi) is 6.15. The molecule has 2 rings (SSSR count). The van der Waals surface area contributed by atoms with Crippen LogP contribution in [0.4, 0.5) is 5.82 Å². The molecular formula is C16H27N5O2. The van der Waals surface area contributed by atoms with Gasteiger partial charge in [0.25, 0.3) is 0 Å². The van der Waals surface area contributed by atoms with Gasteiger partial charge in [-0.1, -0.05) is 6.42 Å². The molecule has 0 spiro atoms. The highest BCUT2D eigenvalue weighted by Gasteiger charge is 2.30. The van der Waals surface area contributed by atoms with Gasteiger partial charge in [0.1, 0.15) is 6.54 Å². The van der Waals surface area contributed by atoms with E-state index in [4.69, 9.17) is 0 Å². The number of nitrogens with zero attached hydrogens (tertiary/aromatic N) is 3. The highest BCUT2D eigenvalue weighted by atomic mass is 16.2. The Morgan fingerprint density at radius 1 is 1.39 bits per heavy atom. The first-order chi connectivity index (χ1) is 11.0. The van der Waals surface area contributed by atoms with Crippen molar-refractivity contribution < 1.29 is 9.59 Å². The molecule has 1 fully saturated rings. The van der Waals surface area contributed by atoms with Crippen molar-refractivity contribution >= 4 is 17.6 Å². The van der Waals surface area contributed by atoms with Crippen molar-refractivity contribution in [3.05, 3.63) is 12.3 Å². The zero-order valence-corrected chi connectivity index (χ0v) is 14.2. The number of hydrogen-bond donors (Lipinski definition) is 2. The first-order valence-corrected chi connectivity index (χ1v) is 8.38. The van der Waals surface area contributed by atoms with E-state index in [1.54, 1.807) is 12.3 Å². The summed E-state index contributed by atoms with van der Waals surface area (Å²) in [5.74, 6) is 0.391. The molecular weight excluding hydrogens is 294 g/mol. The molecule has 1 atom stereocenters. The zero-order valence-electron chi connectivity index (χ0n) is 14.2. The van der Waals surface area contributed by atoms with Crippen LogP contribution < -0.4 is 10.6 Å². The number of hydrogen-bond acceptors (Lipinski definition) is 4. The van der Waals surface area contributed by atoms with E-state index in [1.165, 1.54) is 4.68 Å². The molecule has 1 saturated heterocycles. The fourth-order valence-electron chi connectivity index (χ4n) is 2.98. The molecule has 2 N–H and O–H groups in total. The Morgan fingerprint density at radius 2 is 2.17 bits per heavy atom. The van der Waals surface area contributed by atoms with Crippen LogP contribution in [0.5, 0.6) is 0 Å².